The number of ether oxygens (including phenoxy) is 1. The molecule has 35 heavy (non-hydrogen) atoms. The minimum absolute atomic E-state index is 0.0238. The van der Waals surface area contributed by atoms with Crippen LogP contribution in [0.1, 0.15) is 80.9 Å². The van der Waals surface area contributed by atoms with E-state index in [0.717, 1.165) is 47.7 Å². The number of nitrogens with zero attached hydrogens (tertiary/aromatic N) is 5. The van der Waals surface area contributed by atoms with Crippen molar-refractivity contribution in [3.8, 4) is 0 Å². The number of carbonyl (C=O) groups excluding carboxylic acids is 1. The summed E-state index contributed by atoms with van der Waals surface area (Å²) in [6.45, 7) is 8.80. The third-order valence-corrected chi connectivity index (χ3v) is 6.92. The number of fused-ring (bicyclic) bond motifs is 1. The first-order valence-electron chi connectivity index (χ1n) is 12.7. The average molecular weight is 481 g/mol. The number of nitrogens with one attached hydrogen (secondary N) is 1. The van der Waals surface area contributed by atoms with E-state index in [1.165, 1.54) is 18.4 Å². The van der Waals surface area contributed by atoms with Gasteiger partial charge in [0.1, 0.15) is 6.54 Å². The van der Waals surface area contributed by atoms with E-state index in [9.17, 15) is 9.59 Å². The lowest BCUT2D eigenvalue weighted by molar-refractivity contribution is -0.144. The first kappa shape index (κ1) is 25.0. The van der Waals surface area contributed by atoms with Crippen LogP contribution in [0.2, 0.25) is 0 Å². The fourth-order valence-corrected chi connectivity index (χ4v) is 5.38. The van der Waals surface area contributed by atoms with Crippen LogP contribution in [-0.2, 0) is 22.6 Å². The lowest BCUT2D eigenvalue weighted by Crippen LogP contribution is -2.39. The van der Waals surface area contributed by atoms with Gasteiger partial charge in [-0.15, -0.1) is 5.10 Å². The highest BCUT2D eigenvalue weighted by Gasteiger charge is 2.33. The van der Waals surface area contributed by atoms with Crippen LogP contribution in [0.5, 0.6) is 0 Å². The Morgan fingerprint density at radius 3 is 2.71 bits per heavy atom. The van der Waals surface area contributed by atoms with Crippen molar-refractivity contribution in [2.24, 2.45) is 0 Å². The molecule has 1 saturated carbocycles. The minimum atomic E-state index is -0.361. The maximum absolute atomic E-state index is 13.2. The molecule has 4 rings (SSSR count). The van der Waals surface area contributed by atoms with Gasteiger partial charge in [-0.25, -0.2) is 4.68 Å². The van der Waals surface area contributed by atoms with Gasteiger partial charge in [-0.2, -0.15) is 0 Å². The Kier molecular flexibility index (Phi) is 7.95. The van der Waals surface area contributed by atoms with E-state index >= 15 is 0 Å². The Morgan fingerprint density at radius 1 is 1.23 bits per heavy atom. The molecule has 1 unspecified atom stereocenters. The highest BCUT2D eigenvalue weighted by Crippen LogP contribution is 2.34. The van der Waals surface area contributed by atoms with Gasteiger partial charge < -0.3 is 9.72 Å². The van der Waals surface area contributed by atoms with Gasteiger partial charge in [-0.1, -0.05) is 37.8 Å². The number of carbonyl (C=O) groups is 1. The normalized spacial score (nSPS) is 15.2. The number of hydrogen-bond donors (Lipinski definition) is 1. The summed E-state index contributed by atoms with van der Waals surface area (Å²) in [4.78, 5) is 30.9. The predicted molar refractivity (Wildman–Crippen MR) is 134 cm³/mol. The zero-order valence-corrected chi connectivity index (χ0v) is 21.2. The number of tetrazole rings is 1. The van der Waals surface area contributed by atoms with Crippen LogP contribution >= 0.6 is 0 Å². The number of aromatic nitrogens is 5. The monoisotopic (exact) mass is 480 g/mol. The van der Waals surface area contributed by atoms with Crippen LogP contribution in [0.3, 0.4) is 0 Å². The molecule has 0 amide bonds. The molecule has 9 heteroatoms. The summed E-state index contributed by atoms with van der Waals surface area (Å²) in [6.07, 6.45) is 6.23. The van der Waals surface area contributed by atoms with Crippen molar-refractivity contribution in [1.29, 1.82) is 0 Å². The Labute approximate surface area is 205 Å². The third kappa shape index (κ3) is 5.61. The number of aryl methyl sites for hydroxylation is 2. The molecule has 0 aliphatic heterocycles. The summed E-state index contributed by atoms with van der Waals surface area (Å²) in [5.74, 6) is 0.288. The molecular weight excluding hydrogens is 444 g/mol. The van der Waals surface area contributed by atoms with Crippen LogP contribution in [0.25, 0.3) is 10.9 Å². The van der Waals surface area contributed by atoms with Crippen LogP contribution < -0.4 is 5.56 Å². The van der Waals surface area contributed by atoms with Crippen LogP contribution in [0.15, 0.2) is 23.0 Å². The molecule has 0 spiro atoms. The molecule has 1 fully saturated rings. The molecule has 2 aromatic heterocycles. The number of H-pyrrole nitrogens is 1. The van der Waals surface area contributed by atoms with E-state index in [1.54, 1.807) is 11.6 Å². The molecule has 0 bridgehead atoms. The molecule has 2 heterocycles. The molecule has 1 atom stereocenters. The van der Waals surface area contributed by atoms with E-state index in [2.05, 4.69) is 51.4 Å². The molecule has 1 aliphatic carbocycles. The number of rotatable bonds is 10. The largest absolute Gasteiger partial charge is 0.465 e. The lowest BCUT2D eigenvalue weighted by atomic mass is 10.0. The molecule has 1 aromatic carbocycles. The van der Waals surface area contributed by atoms with E-state index in [0.29, 0.717) is 25.0 Å². The Balaban J connectivity index is 1.73. The molecule has 188 valence electrons. The van der Waals surface area contributed by atoms with E-state index in [4.69, 9.17) is 4.74 Å². The van der Waals surface area contributed by atoms with Gasteiger partial charge in [0.2, 0.25) is 0 Å². The summed E-state index contributed by atoms with van der Waals surface area (Å²) in [6, 6.07) is 6.45. The van der Waals surface area contributed by atoms with Crippen LogP contribution in [-0.4, -0.2) is 48.7 Å². The maximum atomic E-state index is 13.2. The molecule has 1 N–H and O–H groups in total. The second-order valence-electron chi connectivity index (χ2n) is 9.58. The van der Waals surface area contributed by atoms with Crippen molar-refractivity contribution in [2.75, 3.05) is 6.61 Å². The third-order valence-electron chi connectivity index (χ3n) is 6.92. The summed E-state index contributed by atoms with van der Waals surface area (Å²) < 4.78 is 6.68. The summed E-state index contributed by atoms with van der Waals surface area (Å²) in [5.41, 5.74) is 3.80. The molecule has 0 saturated heterocycles. The van der Waals surface area contributed by atoms with Crippen molar-refractivity contribution in [1.82, 2.24) is 30.1 Å². The van der Waals surface area contributed by atoms with Gasteiger partial charge in [-0.3, -0.25) is 14.5 Å². The molecule has 3 aromatic rings. The Morgan fingerprint density at radius 2 is 2.00 bits per heavy atom. The topological polar surface area (TPSA) is 106 Å². The van der Waals surface area contributed by atoms with Crippen molar-refractivity contribution < 1.29 is 9.53 Å². The minimum Gasteiger partial charge on any atom is -0.465 e. The van der Waals surface area contributed by atoms with Crippen molar-refractivity contribution in [2.45, 2.75) is 91.4 Å². The number of aromatic amines is 1. The van der Waals surface area contributed by atoms with Gasteiger partial charge >= 0.3 is 5.97 Å². The van der Waals surface area contributed by atoms with Crippen molar-refractivity contribution >= 4 is 16.9 Å². The SMILES string of the molecule is CCCC(c1nnnn1CC(=O)OCC)N(Cc1cc2cc(C)cc(C)c2[nH]c1=O)C1CCCC1. The van der Waals surface area contributed by atoms with Gasteiger partial charge in [0.15, 0.2) is 5.82 Å². The van der Waals surface area contributed by atoms with E-state index in [-0.39, 0.29) is 24.1 Å². The Hall–Kier alpha value is -3.07. The second kappa shape index (κ2) is 11.1. The number of benzene rings is 1. The molecule has 9 nitrogen and oxygen atoms in total. The number of hydrogen-bond acceptors (Lipinski definition) is 7. The standard InChI is InChI=1S/C26H36N6O3/c1-5-9-22(25-28-29-30-32(25)16-23(33)35-6-2)31(21-10-7-8-11-21)15-20-14-19-13-17(3)12-18(4)24(19)27-26(20)34/h12-14,21-22H,5-11,15-16H2,1-4H3,(H,27,34). The van der Waals surface area contributed by atoms with Gasteiger partial charge in [-0.05, 0) is 73.5 Å². The fraction of sp³-hybridized carbons (Fsp3) is 0.577. The second-order valence-corrected chi connectivity index (χ2v) is 9.58. The van der Waals surface area contributed by atoms with E-state index in [1.807, 2.05) is 13.0 Å². The van der Waals surface area contributed by atoms with Gasteiger partial charge in [0.25, 0.3) is 5.56 Å². The van der Waals surface area contributed by atoms with Gasteiger partial charge in [0.05, 0.1) is 18.2 Å². The van der Waals surface area contributed by atoms with Crippen LogP contribution in [0.4, 0.5) is 0 Å². The predicted octanol–water partition coefficient (Wildman–Crippen LogP) is 3.98. The molecular formula is C26H36N6O3. The lowest BCUT2D eigenvalue weighted by Gasteiger charge is -2.35. The average Bonchev–Trinajstić information content (AvgIpc) is 3.49. The Bertz CT molecular complexity index is 1230. The summed E-state index contributed by atoms with van der Waals surface area (Å²) in [5, 5.41) is 13.4. The molecule has 0 radical (unpaired) electrons. The highest BCUT2D eigenvalue weighted by atomic mass is 16.5. The smallest absolute Gasteiger partial charge is 0.327 e. The fourth-order valence-electron chi connectivity index (χ4n) is 5.38. The first-order chi connectivity index (χ1) is 16.9. The number of pyridine rings is 1. The van der Waals surface area contributed by atoms with Crippen molar-refractivity contribution in [3.63, 3.8) is 0 Å². The maximum Gasteiger partial charge on any atom is 0.327 e. The molecule has 1 aliphatic rings. The summed E-state index contributed by atoms with van der Waals surface area (Å²) >= 11 is 0. The first-order valence-corrected chi connectivity index (χ1v) is 12.7. The highest BCUT2D eigenvalue weighted by molar-refractivity contribution is 5.82. The van der Waals surface area contributed by atoms with Crippen molar-refractivity contribution in [3.05, 3.63) is 51.1 Å². The zero-order valence-electron chi connectivity index (χ0n) is 21.2. The van der Waals surface area contributed by atoms with Crippen LogP contribution in [0, 0.1) is 13.8 Å². The zero-order chi connectivity index (χ0) is 24.9. The number of esters is 1. The summed E-state index contributed by atoms with van der Waals surface area (Å²) in [7, 11) is 0. The quantitative estimate of drug-likeness (QED) is 0.438. The van der Waals surface area contributed by atoms with Gasteiger partial charge in [0, 0.05) is 18.2 Å². The van der Waals surface area contributed by atoms with E-state index < -0.39 is 0 Å².